The van der Waals surface area contributed by atoms with Gasteiger partial charge in [-0.15, -0.1) is 0 Å². The lowest BCUT2D eigenvalue weighted by atomic mass is 10.1. The molecule has 0 aliphatic rings. The molecule has 0 saturated carbocycles. The van der Waals surface area contributed by atoms with E-state index < -0.39 is 0 Å². The van der Waals surface area contributed by atoms with Crippen LogP contribution in [-0.2, 0) is 9.59 Å². The third-order valence-corrected chi connectivity index (χ3v) is 4.99. The van der Waals surface area contributed by atoms with Gasteiger partial charge in [0.1, 0.15) is 0 Å². The number of anilines is 1. The normalized spacial score (nSPS) is 10.8. The summed E-state index contributed by atoms with van der Waals surface area (Å²) in [7, 11) is 0. The maximum atomic E-state index is 13.1. The molecule has 166 valence electrons. The van der Waals surface area contributed by atoms with Crippen molar-refractivity contribution in [3.05, 3.63) is 77.9 Å². The Bertz CT molecular complexity index is 1110. The van der Waals surface area contributed by atoms with Crippen LogP contribution in [0.4, 0.5) is 5.69 Å². The summed E-state index contributed by atoms with van der Waals surface area (Å²) < 4.78 is 0. The third kappa shape index (κ3) is 6.41. The van der Waals surface area contributed by atoms with E-state index in [4.69, 9.17) is 0 Å². The zero-order valence-corrected chi connectivity index (χ0v) is 18.7. The predicted molar refractivity (Wildman–Crippen MR) is 128 cm³/mol. The summed E-state index contributed by atoms with van der Waals surface area (Å²) in [6.45, 7) is 6.12. The van der Waals surface area contributed by atoms with Crippen LogP contribution in [0.2, 0.25) is 0 Å². The second-order valence-corrected chi connectivity index (χ2v) is 8.33. The summed E-state index contributed by atoms with van der Waals surface area (Å²) in [6.07, 6.45) is 0. The summed E-state index contributed by atoms with van der Waals surface area (Å²) in [4.78, 5) is 39.3. The van der Waals surface area contributed by atoms with Crippen LogP contribution in [0.15, 0.2) is 66.7 Å². The number of amides is 3. The fourth-order valence-corrected chi connectivity index (χ4v) is 3.42. The Balaban J connectivity index is 1.61. The first-order chi connectivity index (χ1) is 15.3. The number of nitrogens with zero attached hydrogens (tertiary/aromatic N) is 1. The molecule has 32 heavy (non-hydrogen) atoms. The van der Waals surface area contributed by atoms with Gasteiger partial charge in [-0.25, -0.2) is 0 Å². The summed E-state index contributed by atoms with van der Waals surface area (Å²) >= 11 is 0. The number of carbonyl (C=O) groups is 3. The van der Waals surface area contributed by atoms with E-state index in [1.54, 1.807) is 6.07 Å². The summed E-state index contributed by atoms with van der Waals surface area (Å²) in [5, 5.41) is 7.38. The molecule has 3 rings (SSSR count). The number of benzene rings is 3. The largest absolute Gasteiger partial charge is 0.345 e. The molecule has 0 aliphatic carbocycles. The lowest BCUT2D eigenvalue weighted by Gasteiger charge is -2.24. The van der Waals surface area contributed by atoms with E-state index in [-0.39, 0.29) is 36.7 Å². The van der Waals surface area contributed by atoms with Crippen LogP contribution in [-0.4, -0.2) is 42.3 Å². The molecular weight excluding hydrogens is 402 g/mol. The molecule has 0 fully saturated rings. The number of rotatable bonds is 8. The summed E-state index contributed by atoms with van der Waals surface area (Å²) in [6, 6.07) is 20.8. The van der Waals surface area contributed by atoms with Crippen molar-refractivity contribution in [3.8, 4) is 0 Å². The van der Waals surface area contributed by atoms with Crippen molar-refractivity contribution in [2.75, 3.05) is 25.0 Å². The van der Waals surface area contributed by atoms with Crippen molar-refractivity contribution in [2.45, 2.75) is 20.8 Å². The number of carbonyl (C=O) groups excluding carboxylic acids is 3. The van der Waals surface area contributed by atoms with Crippen molar-refractivity contribution in [1.29, 1.82) is 0 Å². The molecular formula is C26H29N3O3. The molecule has 0 atom stereocenters. The van der Waals surface area contributed by atoms with Crippen LogP contribution in [0.3, 0.4) is 0 Å². The first-order valence-corrected chi connectivity index (χ1v) is 10.7. The lowest BCUT2D eigenvalue weighted by molar-refractivity contribution is -0.124. The van der Waals surface area contributed by atoms with Gasteiger partial charge in [-0.2, -0.15) is 0 Å². The van der Waals surface area contributed by atoms with Gasteiger partial charge in [0.15, 0.2) is 0 Å². The van der Waals surface area contributed by atoms with Gasteiger partial charge in [0, 0.05) is 17.8 Å². The van der Waals surface area contributed by atoms with Gasteiger partial charge in [-0.05, 0) is 47.9 Å². The van der Waals surface area contributed by atoms with Crippen molar-refractivity contribution in [3.63, 3.8) is 0 Å². The molecule has 0 saturated heterocycles. The van der Waals surface area contributed by atoms with Gasteiger partial charge in [-0.3, -0.25) is 14.4 Å². The molecule has 3 aromatic carbocycles. The molecule has 3 amide bonds. The number of nitrogens with one attached hydrogen (secondary N) is 2. The van der Waals surface area contributed by atoms with Crippen molar-refractivity contribution < 1.29 is 14.4 Å². The maximum Gasteiger partial charge on any atom is 0.254 e. The Kier molecular flexibility index (Phi) is 7.60. The zero-order valence-electron chi connectivity index (χ0n) is 18.7. The van der Waals surface area contributed by atoms with Gasteiger partial charge in [-0.1, -0.05) is 61.9 Å². The van der Waals surface area contributed by atoms with E-state index >= 15 is 0 Å². The third-order valence-electron chi connectivity index (χ3n) is 4.99. The van der Waals surface area contributed by atoms with E-state index in [0.29, 0.717) is 17.8 Å². The van der Waals surface area contributed by atoms with Gasteiger partial charge in [0.05, 0.1) is 13.1 Å². The first-order valence-electron chi connectivity index (χ1n) is 10.7. The van der Waals surface area contributed by atoms with Crippen molar-refractivity contribution in [2.24, 2.45) is 5.92 Å². The lowest BCUT2D eigenvalue weighted by Crippen LogP contribution is -2.44. The second-order valence-electron chi connectivity index (χ2n) is 8.33. The van der Waals surface area contributed by atoms with Gasteiger partial charge >= 0.3 is 0 Å². The average Bonchev–Trinajstić information content (AvgIpc) is 2.77. The molecule has 0 aliphatic heterocycles. The highest BCUT2D eigenvalue weighted by atomic mass is 16.2. The van der Waals surface area contributed by atoms with E-state index in [0.717, 1.165) is 16.3 Å². The van der Waals surface area contributed by atoms with Gasteiger partial charge in [0.2, 0.25) is 11.8 Å². The predicted octanol–water partition coefficient (Wildman–Crippen LogP) is 4.00. The number of hydrogen-bond acceptors (Lipinski definition) is 3. The molecule has 6 nitrogen and oxygen atoms in total. The fourth-order valence-electron chi connectivity index (χ4n) is 3.42. The smallest absolute Gasteiger partial charge is 0.254 e. The standard InChI is InChI=1S/C26H29N3O3/c1-18(2)16-29(26(32)22-11-10-20-6-4-5-7-21(20)14-22)17-25(31)27-15-24(30)28-23-12-8-19(3)9-13-23/h4-14,18H,15-17H2,1-3H3,(H,27,31)(H,28,30). The molecule has 0 spiro atoms. The molecule has 0 bridgehead atoms. The van der Waals surface area contributed by atoms with E-state index in [9.17, 15) is 14.4 Å². The maximum absolute atomic E-state index is 13.1. The Morgan fingerprint density at radius 1 is 0.875 bits per heavy atom. The fraction of sp³-hybridized carbons (Fsp3) is 0.269. The highest BCUT2D eigenvalue weighted by Crippen LogP contribution is 2.17. The SMILES string of the molecule is Cc1ccc(NC(=O)CNC(=O)CN(CC(C)C)C(=O)c2ccc3ccccc3c2)cc1. The number of hydrogen-bond donors (Lipinski definition) is 2. The average molecular weight is 432 g/mol. The van der Waals surface area contributed by atoms with Gasteiger partial charge in [0.25, 0.3) is 5.91 Å². The topological polar surface area (TPSA) is 78.5 Å². The Labute approximate surface area is 188 Å². The minimum atomic E-state index is -0.376. The number of fused-ring (bicyclic) bond motifs is 1. The van der Waals surface area contributed by atoms with Crippen LogP contribution in [0.1, 0.15) is 29.8 Å². The van der Waals surface area contributed by atoms with E-state index in [2.05, 4.69) is 10.6 Å². The summed E-state index contributed by atoms with van der Waals surface area (Å²) in [5.41, 5.74) is 2.30. The Morgan fingerprint density at radius 3 is 2.25 bits per heavy atom. The van der Waals surface area contributed by atoms with E-state index in [1.165, 1.54) is 4.90 Å². The van der Waals surface area contributed by atoms with Crippen LogP contribution in [0.5, 0.6) is 0 Å². The summed E-state index contributed by atoms with van der Waals surface area (Å²) in [5.74, 6) is -0.710. The van der Waals surface area contributed by atoms with Crippen LogP contribution >= 0.6 is 0 Å². The van der Waals surface area contributed by atoms with Crippen molar-refractivity contribution >= 4 is 34.2 Å². The molecule has 2 N–H and O–H groups in total. The quantitative estimate of drug-likeness (QED) is 0.566. The first kappa shape index (κ1) is 23.0. The minimum Gasteiger partial charge on any atom is -0.345 e. The second kappa shape index (κ2) is 10.6. The van der Waals surface area contributed by atoms with Crippen LogP contribution in [0.25, 0.3) is 10.8 Å². The van der Waals surface area contributed by atoms with Crippen LogP contribution in [0, 0.1) is 12.8 Å². The Hall–Kier alpha value is -3.67. The molecule has 0 aromatic heterocycles. The van der Waals surface area contributed by atoms with E-state index in [1.807, 2.05) is 81.4 Å². The molecule has 0 unspecified atom stereocenters. The minimum absolute atomic E-state index is 0.109. The number of aryl methyl sites for hydroxylation is 1. The van der Waals surface area contributed by atoms with Crippen LogP contribution < -0.4 is 10.6 Å². The van der Waals surface area contributed by atoms with Gasteiger partial charge < -0.3 is 15.5 Å². The zero-order chi connectivity index (χ0) is 23.1. The molecule has 0 radical (unpaired) electrons. The van der Waals surface area contributed by atoms with Crippen molar-refractivity contribution in [1.82, 2.24) is 10.2 Å². The molecule has 6 heteroatoms. The Morgan fingerprint density at radius 2 is 1.56 bits per heavy atom. The highest BCUT2D eigenvalue weighted by Gasteiger charge is 2.20. The molecule has 3 aromatic rings. The molecule has 0 heterocycles. The monoisotopic (exact) mass is 431 g/mol. The highest BCUT2D eigenvalue weighted by molar-refractivity contribution is 6.00.